The second kappa shape index (κ2) is 6.06. The van der Waals surface area contributed by atoms with Crippen LogP contribution in [0, 0.1) is 0 Å². The fourth-order valence-electron chi connectivity index (χ4n) is 1.38. The van der Waals surface area contributed by atoms with Crippen molar-refractivity contribution in [3.63, 3.8) is 0 Å². The maximum Gasteiger partial charge on any atom is 0.305 e. The number of hydrogen-bond donors (Lipinski definition) is 1. The first-order valence-electron chi connectivity index (χ1n) is 5.16. The molecule has 0 saturated carbocycles. The van der Waals surface area contributed by atoms with Gasteiger partial charge in [0, 0.05) is 6.42 Å². The SMILES string of the molecule is CCOC(=O)CCCc1ccccc1O. The van der Waals surface area contributed by atoms with Crippen molar-refractivity contribution in [3.05, 3.63) is 29.8 Å². The van der Waals surface area contributed by atoms with E-state index in [1.165, 1.54) is 0 Å². The molecule has 0 bridgehead atoms. The zero-order valence-electron chi connectivity index (χ0n) is 8.90. The molecule has 0 unspecified atom stereocenters. The first-order chi connectivity index (χ1) is 7.24. The van der Waals surface area contributed by atoms with Gasteiger partial charge in [-0.1, -0.05) is 18.2 Å². The Labute approximate surface area is 89.7 Å². The molecule has 0 heterocycles. The van der Waals surface area contributed by atoms with Gasteiger partial charge in [-0.25, -0.2) is 0 Å². The van der Waals surface area contributed by atoms with Gasteiger partial charge in [-0.2, -0.15) is 0 Å². The summed E-state index contributed by atoms with van der Waals surface area (Å²) in [7, 11) is 0. The third kappa shape index (κ3) is 4.02. The van der Waals surface area contributed by atoms with Gasteiger partial charge in [-0.3, -0.25) is 4.79 Å². The molecule has 0 aliphatic carbocycles. The highest BCUT2D eigenvalue weighted by molar-refractivity contribution is 5.69. The van der Waals surface area contributed by atoms with Gasteiger partial charge in [0.05, 0.1) is 6.61 Å². The van der Waals surface area contributed by atoms with Crippen molar-refractivity contribution < 1.29 is 14.6 Å². The molecule has 0 aromatic heterocycles. The van der Waals surface area contributed by atoms with E-state index in [4.69, 9.17) is 4.74 Å². The van der Waals surface area contributed by atoms with Gasteiger partial charge in [0.1, 0.15) is 5.75 Å². The number of ether oxygens (including phenoxy) is 1. The van der Waals surface area contributed by atoms with Gasteiger partial charge < -0.3 is 9.84 Å². The van der Waals surface area contributed by atoms with Crippen LogP contribution in [-0.2, 0) is 16.0 Å². The lowest BCUT2D eigenvalue weighted by Crippen LogP contribution is -2.04. The van der Waals surface area contributed by atoms with Crippen molar-refractivity contribution in [1.29, 1.82) is 0 Å². The van der Waals surface area contributed by atoms with Gasteiger partial charge in [-0.05, 0) is 31.4 Å². The largest absolute Gasteiger partial charge is 0.508 e. The van der Waals surface area contributed by atoms with Crippen LogP contribution in [0.15, 0.2) is 24.3 Å². The molecule has 15 heavy (non-hydrogen) atoms. The molecule has 1 aromatic carbocycles. The van der Waals surface area contributed by atoms with Crippen molar-refractivity contribution >= 4 is 5.97 Å². The van der Waals surface area contributed by atoms with E-state index in [0.29, 0.717) is 31.6 Å². The summed E-state index contributed by atoms with van der Waals surface area (Å²) in [6.45, 7) is 2.22. The fraction of sp³-hybridized carbons (Fsp3) is 0.417. The minimum absolute atomic E-state index is 0.173. The number of esters is 1. The van der Waals surface area contributed by atoms with E-state index in [1.54, 1.807) is 19.1 Å². The summed E-state index contributed by atoms with van der Waals surface area (Å²) < 4.78 is 4.81. The molecule has 82 valence electrons. The molecule has 1 rings (SSSR count). The number of hydrogen-bond acceptors (Lipinski definition) is 3. The maximum absolute atomic E-state index is 11.0. The van der Waals surface area contributed by atoms with E-state index in [1.807, 2.05) is 12.1 Å². The quantitative estimate of drug-likeness (QED) is 0.755. The van der Waals surface area contributed by atoms with Crippen molar-refractivity contribution in [2.75, 3.05) is 6.61 Å². The Morgan fingerprint density at radius 1 is 1.40 bits per heavy atom. The number of aromatic hydroxyl groups is 1. The zero-order chi connectivity index (χ0) is 11.1. The van der Waals surface area contributed by atoms with Crippen LogP contribution in [0.4, 0.5) is 0 Å². The zero-order valence-corrected chi connectivity index (χ0v) is 8.90. The summed E-state index contributed by atoms with van der Waals surface area (Å²) in [6.07, 6.45) is 1.81. The first kappa shape index (κ1) is 11.6. The van der Waals surface area contributed by atoms with Gasteiger partial charge in [0.15, 0.2) is 0 Å². The van der Waals surface area contributed by atoms with Crippen molar-refractivity contribution in [2.24, 2.45) is 0 Å². The monoisotopic (exact) mass is 208 g/mol. The number of rotatable bonds is 5. The highest BCUT2D eigenvalue weighted by Crippen LogP contribution is 2.17. The number of carbonyl (C=O) groups excluding carboxylic acids is 1. The molecule has 0 amide bonds. The van der Waals surface area contributed by atoms with Gasteiger partial charge in [0.25, 0.3) is 0 Å². The highest BCUT2D eigenvalue weighted by Gasteiger charge is 2.03. The second-order valence-corrected chi connectivity index (χ2v) is 3.29. The minimum atomic E-state index is -0.173. The molecule has 1 aromatic rings. The molecule has 0 saturated heterocycles. The summed E-state index contributed by atoms with van der Waals surface area (Å²) in [5.74, 6) is 0.120. The Bertz CT molecular complexity index is 320. The molecule has 0 radical (unpaired) electrons. The number of para-hydroxylation sites is 1. The molecule has 3 nitrogen and oxygen atoms in total. The smallest absolute Gasteiger partial charge is 0.305 e. The molecular weight excluding hydrogens is 192 g/mol. The molecule has 1 N–H and O–H groups in total. The number of phenols is 1. The lowest BCUT2D eigenvalue weighted by Gasteiger charge is -2.04. The maximum atomic E-state index is 11.0. The molecule has 0 fully saturated rings. The Hall–Kier alpha value is -1.51. The van der Waals surface area contributed by atoms with E-state index in [2.05, 4.69) is 0 Å². The summed E-state index contributed by atoms with van der Waals surface area (Å²) in [6, 6.07) is 7.17. The van der Waals surface area contributed by atoms with Crippen molar-refractivity contribution in [2.45, 2.75) is 26.2 Å². The Morgan fingerprint density at radius 3 is 2.80 bits per heavy atom. The summed E-state index contributed by atoms with van der Waals surface area (Å²) in [5.41, 5.74) is 0.877. The summed E-state index contributed by atoms with van der Waals surface area (Å²) in [4.78, 5) is 11.0. The predicted octanol–water partition coefficient (Wildman–Crippen LogP) is 2.28. The van der Waals surface area contributed by atoms with Crippen LogP contribution in [0.2, 0.25) is 0 Å². The van der Waals surface area contributed by atoms with E-state index in [-0.39, 0.29) is 5.97 Å². The van der Waals surface area contributed by atoms with Crippen molar-refractivity contribution in [3.8, 4) is 5.75 Å². The topological polar surface area (TPSA) is 46.5 Å². The van der Waals surface area contributed by atoms with Crippen molar-refractivity contribution in [1.82, 2.24) is 0 Å². The average molecular weight is 208 g/mol. The predicted molar refractivity (Wildman–Crippen MR) is 57.7 cm³/mol. The number of phenolic OH excluding ortho intramolecular Hbond substituents is 1. The van der Waals surface area contributed by atoms with Gasteiger partial charge in [-0.15, -0.1) is 0 Å². The van der Waals surface area contributed by atoms with Crippen LogP contribution >= 0.6 is 0 Å². The first-order valence-corrected chi connectivity index (χ1v) is 5.16. The number of carbonyl (C=O) groups is 1. The second-order valence-electron chi connectivity index (χ2n) is 3.29. The summed E-state index contributed by atoms with van der Waals surface area (Å²) >= 11 is 0. The minimum Gasteiger partial charge on any atom is -0.508 e. The molecule has 0 atom stereocenters. The van der Waals surface area contributed by atoms with Gasteiger partial charge >= 0.3 is 5.97 Å². The van der Waals surface area contributed by atoms with E-state index < -0.39 is 0 Å². The molecule has 0 aliphatic heterocycles. The van der Waals surface area contributed by atoms with Crippen LogP contribution < -0.4 is 0 Å². The number of aryl methyl sites for hydroxylation is 1. The Morgan fingerprint density at radius 2 is 2.13 bits per heavy atom. The van der Waals surface area contributed by atoms with E-state index >= 15 is 0 Å². The summed E-state index contributed by atoms with van der Waals surface area (Å²) in [5, 5.41) is 9.46. The molecule has 0 aliphatic rings. The molecule has 0 spiro atoms. The third-order valence-corrected chi connectivity index (χ3v) is 2.12. The lowest BCUT2D eigenvalue weighted by molar-refractivity contribution is -0.143. The van der Waals surface area contributed by atoms with Crippen LogP contribution in [0.25, 0.3) is 0 Å². The van der Waals surface area contributed by atoms with Crippen LogP contribution in [0.3, 0.4) is 0 Å². The Balaban J connectivity index is 2.32. The molecule has 3 heteroatoms. The average Bonchev–Trinajstić information content (AvgIpc) is 2.21. The Kier molecular flexibility index (Phi) is 4.68. The van der Waals surface area contributed by atoms with Gasteiger partial charge in [0.2, 0.25) is 0 Å². The number of benzene rings is 1. The van der Waals surface area contributed by atoms with Crippen LogP contribution in [0.5, 0.6) is 5.75 Å². The van der Waals surface area contributed by atoms with E-state index in [0.717, 1.165) is 5.56 Å². The van der Waals surface area contributed by atoms with Crippen LogP contribution in [0.1, 0.15) is 25.3 Å². The fourth-order valence-corrected chi connectivity index (χ4v) is 1.38. The van der Waals surface area contributed by atoms with Crippen LogP contribution in [-0.4, -0.2) is 17.7 Å². The highest BCUT2D eigenvalue weighted by atomic mass is 16.5. The molecular formula is C12H16O3. The van der Waals surface area contributed by atoms with E-state index in [9.17, 15) is 9.90 Å². The third-order valence-electron chi connectivity index (χ3n) is 2.12. The standard InChI is InChI=1S/C12H16O3/c1-2-15-12(14)9-5-7-10-6-3-4-8-11(10)13/h3-4,6,8,13H,2,5,7,9H2,1H3. The lowest BCUT2D eigenvalue weighted by atomic mass is 10.1. The normalized spacial score (nSPS) is 9.93.